The van der Waals surface area contributed by atoms with Gasteiger partial charge in [-0.1, -0.05) is 60.7 Å². The van der Waals surface area contributed by atoms with Gasteiger partial charge in [-0.15, -0.1) is 11.3 Å². The number of rotatable bonds is 7. The lowest BCUT2D eigenvalue weighted by molar-refractivity contribution is 0.306. The maximum absolute atomic E-state index is 5.80. The number of hydrogen-bond donors (Lipinski definition) is 1. The average molecular weight is 385 g/mol. The van der Waals surface area contributed by atoms with Gasteiger partial charge in [0.15, 0.2) is 0 Å². The van der Waals surface area contributed by atoms with Crippen molar-refractivity contribution in [3.8, 4) is 17.0 Å². The summed E-state index contributed by atoms with van der Waals surface area (Å²) >= 11 is 1.53. The van der Waals surface area contributed by atoms with Gasteiger partial charge in [0.05, 0.1) is 11.9 Å². The molecule has 4 aromatic rings. The Balaban J connectivity index is 1.31. The van der Waals surface area contributed by atoms with Gasteiger partial charge in [-0.05, 0) is 35.4 Å². The maximum Gasteiger partial charge on any atom is 0.203 e. The van der Waals surface area contributed by atoms with E-state index in [0.29, 0.717) is 6.61 Å². The van der Waals surface area contributed by atoms with E-state index in [4.69, 9.17) is 4.74 Å². The summed E-state index contributed by atoms with van der Waals surface area (Å²) in [4.78, 5) is 4.55. The third kappa shape index (κ3) is 4.84. The van der Waals surface area contributed by atoms with Crippen LogP contribution in [0.15, 0.2) is 95.4 Å². The van der Waals surface area contributed by atoms with Crippen LogP contribution in [0.1, 0.15) is 11.1 Å². The van der Waals surface area contributed by atoms with Gasteiger partial charge in [0.2, 0.25) is 5.13 Å². The average Bonchev–Trinajstić information content (AvgIpc) is 3.24. The van der Waals surface area contributed by atoms with Gasteiger partial charge < -0.3 is 4.74 Å². The van der Waals surface area contributed by atoms with Crippen LogP contribution in [-0.2, 0) is 6.61 Å². The predicted molar refractivity (Wildman–Crippen MR) is 116 cm³/mol. The Hall–Kier alpha value is -3.44. The molecule has 1 heterocycles. The molecule has 0 saturated carbocycles. The van der Waals surface area contributed by atoms with Gasteiger partial charge in [0.25, 0.3) is 0 Å². The van der Waals surface area contributed by atoms with Crippen LogP contribution in [0.3, 0.4) is 0 Å². The largest absolute Gasteiger partial charge is 0.489 e. The van der Waals surface area contributed by atoms with Crippen LogP contribution in [0.25, 0.3) is 11.3 Å². The summed E-state index contributed by atoms with van der Waals surface area (Å²) in [5.74, 6) is 0.835. The maximum atomic E-state index is 5.80. The second-order valence-electron chi connectivity index (χ2n) is 6.12. The summed E-state index contributed by atoms with van der Waals surface area (Å²) in [6.07, 6.45) is 1.77. The van der Waals surface area contributed by atoms with Crippen LogP contribution >= 0.6 is 11.3 Å². The Labute approximate surface area is 168 Å². The van der Waals surface area contributed by atoms with E-state index in [1.807, 2.05) is 78.2 Å². The van der Waals surface area contributed by atoms with Crippen molar-refractivity contribution in [1.29, 1.82) is 0 Å². The normalized spacial score (nSPS) is 10.9. The van der Waals surface area contributed by atoms with Gasteiger partial charge in [-0.3, -0.25) is 5.43 Å². The molecule has 0 amide bonds. The van der Waals surface area contributed by atoms with Crippen molar-refractivity contribution < 1.29 is 4.74 Å². The van der Waals surface area contributed by atoms with Crippen molar-refractivity contribution in [3.05, 3.63) is 101 Å². The number of anilines is 1. The van der Waals surface area contributed by atoms with Crippen molar-refractivity contribution in [2.45, 2.75) is 6.61 Å². The van der Waals surface area contributed by atoms with Crippen LogP contribution in [-0.4, -0.2) is 11.2 Å². The zero-order chi connectivity index (χ0) is 19.0. The summed E-state index contributed by atoms with van der Waals surface area (Å²) in [6, 6.07) is 28.1. The lowest BCUT2D eigenvalue weighted by Crippen LogP contribution is -1.95. The van der Waals surface area contributed by atoms with Crippen molar-refractivity contribution in [3.63, 3.8) is 0 Å². The Morgan fingerprint density at radius 1 is 0.893 bits per heavy atom. The van der Waals surface area contributed by atoms with E-state index in [0.717, 1.165) is 33.3 Å². The summed E-state index contributed by atoms with van der Waals surface area (Å²) in [5.41, 5.74) is 7.17. The molecule has 0 atom stereocenters. The molecule has 0 aliphatic carbocycles. The quantitative estimate of drug-likeness (QED) is 0.321. The Kier molecular flexibility index (Phi) is 5.75. The number of benzene rings is 3. The van der Waals surface area contributed by atoms with Crippen LogP contribution in [0.2, 0.25) is 0 Å². The summed E-state index contributed by atoms with van der Waals surface area (Å²) in [5, 5.41) is 7.06. The highest BCUT2D eigenvalue weighted by Gasteiger charge is 2.02. The molecule has 5 heteroatoms. The number of hydrazone groups is 1. The molecule has 0 unspecified atom stereocenters. The monoisotopic (exact) mass is 385 g/mol. The highest BCUT2D eigenvalue weighted by Crippen LogP contribution is 2.24. The zero-order valence-electron chi connectivity index (χ0n) is 15.2. The molecule has 1 aromatic heterocycles. The highest BCUT2D eigenvalue weighted by molar-refractivity contribution is 7.14. The Morgan fingerprint density at radius 2 is 1.61 bits per heavy atom. The summed E-state index contributed by atoms with van der Waals surface area (Å²) < 4.78 is 5.80. The fourth-order valence-corrected chi connectivity index (χ4v) is 3.29. The van der Waals surface area contributed by atoms with E-state index in [2.05, 4.69) is 27.6 Å². The minimum Gasteiger partial charge on any atom is -0.489 e. The third-order valence-electron chi connectivity index (χ3n) is 4.08. The molecule has 138 valence electrons. The molecule has 0 spiro atoms. The van der Waals surface area contributed by atoms with Gasteiger partial charge in [-0.2, -0.15) is 5.10 Å². The van der Waals surface area contributed by atoms with Gasteiger partial charge >= 0.3 is 0 Å². The smallest absolute Gasteiger partial charge is 0.203 e. The number of ether oxygens (including phenoxy) is 1. The van der Waals surface area contributed by atoms with E-state index in [9.17, 15) is 0 Å². The predicted octanol–water partition coefficient (Wildman–Crippen LogP) is 5.84. The molecule has 3 aromatic carbocycles. The van der Waals surface area contributed by atoms with Crippen molar-refractivity contribution in [2.24, 2.45) is 5.10 Å². The Bertz CT molecular complexity index is 1030. The molecule has 0 fully saturated rings. The fourth-order valence-electron chi connectivity index (χ4n) is 2.62. The molecular weight excluding hydrogens is 366 g/mol. The van der Waals surface area contributed by atoms with Crippen molar-refractivity contribution >= 4 is 22.7 Å². The van der Waals surface area contributed by atoms with Crippen LogP contribution in [0.4, 0.5) is 5.13 Å². The lowest BCUT2D eigenvalue weighted by atomic mass is 10.2. The fraction of sp³-hybridized carbons (Fsp3) is 0.0435. The van der Waals surface area contributed by atoms with E-state index in [-0.39, 0.29) is 0 Å². The lowest BCUT2D eigenvalue weighted by Gasteiger charge is -2.06. The number of nitrogens with one attached hydrogen (secondary N) is 1. The van der Waals surface area contributed by atoms with Crippen molar-refractivity contribution in [1.82, 2.24) is 4.98 Å². The number of nitrogens with zero attached hydrogens (tertiary/aromatic N) is 2. The molecule has 0 radical (unpaired) electrons. The number of aromatic nitrogens is 1. The van der Waals surface area contributed by atoms with Gasteiger partial charge in [-0.25, -0.2) is 4.98 Å². The molecule has 0 bridgehead atoms. The highest BCUT2D eigenvalue weighted by atomic mass is 32.1. The van der Waals surface area contributed by atoms with E-state index in [1.54, 1.807) is 6.21 Å². The van der Waals surface area contributed by atoms with Gasteiger partial charge in [0.1, 0.15) is 12.4 Å². The number of thiazole rings is 1. The van der Waals surface area contributed by atoms with Crippen molar-refractivity contribution in [2.75, 3.05) is 5.43 Å². The molecule has 0 aliphatic rings. The van der Waals surface area contributed by atoms with E-state index in [1.165, 1.54) is 11.3 Å². The topological polar surface area (TPSA) is 46.5 Å². The number of hydrogen-bond acceptors (Lipinski definition) is 5. The molecule has 28 heavy (non-hydrogen) atoms. The first-order chi connectivity index (χ1) is 13.9. The second kappa shape index (κ2) is 8.97. The second-order valence-corrected chi connectivity index (χ2v) is 6.98. The van der Waals surface area contributed by atoms with E-state index < -0.39 is 0 Å². The van der Waals surface area contributed by atoms with Crippen LogP contribution in [0.5, 0.6) is 5.75 Å². The minimum atomic E-state index is 0.559. The first-order valence-electron chi connectivity index (χ1n) is 8.94. The van der Waals surface area contributed by atoms with Crippen LogP contribution in [0, 0.1) is 0 Å². The summed E-state index contributed by atoms with van der Waals surface area (Å²) in [6.45, 7) is 0.559. The molecular formula is C23H19N3OS. The van der Waals surface area contributed by atoms with Gasteiger partial charge in [0, 0.05) is 10.9 Å². The molecule has 0 saturated heterocycles. The first-order valence-corrected chi connectivity index (χ1v) is 9.81. The third-order valence-corrected chi connectivity index (χ3v) is 4.82. The minimum absolute atomic E-state index is 0.559. The SMILES string of the molecule is C(=N\Nc1nc(-c2ccccc2)cs1)/c1ccc(OCc2ccccc2)cc1. The summed E-state index contributed by atoms with van der Waals surface area (Å²) in [7, 11) is 0. The molecule has 4 nitrogen and oxygen atoms in total. The Morgan fingerprint density at radius 3 is 2.36 bits per heavy atom. The first kappa shape index (κ1) is 17.9. The molecule has 4 rings (SSSR count). The standard InChI is InChI=1S/C23H19N3OS/c1-3-7-19(8-4-1)16-27-21-13-11-18(12-14-21)15-24-26-23-25-22(17-28-23)20-9-5-2-6-10-20/h1-15,17H,16H2,(H,25,26)/b24-15+. The molecule has 0 aliphatic heterocycles. The molecule has 1 N–H and O–H groups in total. The zero-order valence-corrected chi connectivity index (χ0v) is 16.0. The van der Waals surface area contributed by atoms with Crippen LogP contribution < -0.4 is 10.2 Å². The van der Waals surface area contributed by atoms with E-state index >= 15 is 0 Å².